The van der Waals surface area contributed by atoms with Gasteiger partial charge in [0.05, 0.1) is 0 Å². The Morgan fingerprint density at radius 1 is 0.853 bits per heavy atom. The van der Waals surface area contributed by atoms with Crippen LogP contribution < -0.4 is 32.7 Å². The molecule has 0 aliphatic carbocycles. The number of benzene rings is 1. The lowest BCUT2D eigenvalue weighted by Gasteiger charge is -2.33. The highest BCUT2D eigenvalue weighted by Crippen LogP contribution is 2.23. The SMILES string of the molecule is CCN1CCN(CCCCC(=O)N[C@@H](CCCN=C(N)N)C(=O)N2CCC[C@H]2C(=O)N[C@@H](Cc2ccc(O)cc2)C(=O)N[C@H](C(=O)N[C@@H](CC(C)C)C(=O)O)C(C)(C)C)C1=N.O=C(O)C(F)(F)F. The Labute approximate surface area is 394 Å². The van der Waals surface area contributed by atoms with Crippen molar-refractivity contribution in [1.82, 2.24) is 36.0 Å². The molecule has 2 saturated heterocycles. The molecule has 382 valence electrons. The number of nitrogens with two attached hydrogens (primary N) is 2. The van der Waals surface area contributed by atoms with Crippen molar-refractivity contribution in [2.45, 2.75) is 136 Å². The number of carbonyl (C=O) groups excluding carboxylic acids is 5. The summed E-state index contributed by atoms with van der Waals surface area (Å²) in [5, 5.41) is 46.1. The number of halogens is 3. The van der Waals surface area contributed by atoms with Crippen LogP contribution in [0.25, 0.3) is 0 Å². The molecule has 24 heteroatoms. The van der Waals surface area contributed by atoms with Gasteiger partial charge >= 0.3 is 18.1 Å². The van der Waals surface area contributed by atoms with Crippen molar-refractivity contribution in [3.05, 3.63) is 29.8 Å². The van der Waals surface area contributed by atoms with Crippen LogP contribution in [0.5, 0.6) is 5.75 Å². The number of unbranched alkanes of at least 4 members (excludes halogenated alkanes) is 1. The zero-order valence-corrected chi connectivity index (χ0v) is 39.7. The fourth-order valence-electron chi connectivity index (χ4n) is 7.51. The number of carboxylic acids is 2. The molecular formula is C44H70F3N11O10. The fraction of sp³-hybridized carbons (Fsp3) is 0.659. The number of guanidine groups is 2. The average molecular weight is 970 g/mol. The molecule has 2 fully saturated rings. The number of amides is 5. The Hall–Kier alpha value is -6.36. The van der Waals surface area contributed by atoms with Gasteiger partial charge < -0.3 is 62.8 Å². The second-order valence-corrected chi connectivity index (χ2v) is 18.2. The number of nitrogens with one attached hydrogen (secondary N) is 5. The second kappa shape index (κ2) is 26.8. The summed E-state index contributed by atoms with van der Waals surface area (Å²) in [4.78, 5) is 99.7. The molecule has 0 radical (unpaired) electrons. The fourth-order valence-corrected chi connectivity index (χ4v) is 7.51. The van der Waals surface area contributed by atoms with Gasteiger partial charge in [0.15, 0.2) is 11.9 Å². The molecule has 0 unspecified atom stereocenters. The van der Waals surface area contributed by atoms with E-state index in [-0.39, 0.29) is 62.3 Å². The highest BCUT2D eigenvalue weighted by atomic mass is 19.4. The lowest BCUT2D eigenvalue weighted by atomic mass is 9.85. The van der Waals surface area contributed by atoms with Crippen LogP contribution in [0.2, 0.25) is 0 Å². The summed E-state index contributed by atoms with van der Waals surface area (Å²) in [5.74, 6) is -6.41. The third-order valence-electron chi connectivity index (χ3n) is 11.1. The number of carboxylic acid groups (broad SMARTS) is 2. The van der Waals surface area contributed by atoms with Gasteiger partial charge in [-0.1, -0.05) is 46.8 Å². The largest absolute Gasteiger partial charge is 0.508 e. The van der Waals surface area contributed by atoms with Crippen molar-refractivity contribution in [3.8, 4) is 5.75 Å². The smallest absolute Gasteiger partial charge is 0.490 e. The Bertz CT molecular complexity index is 1920. The molecule has 0 bridgehead atoms. The number of phenols is 1. The lowest BCUT2D eigenvalue weighted by molar-refractivity contribution is -0.192. The van der Waals surface area contributed by atoms with Crippen LogP contribution in [-0.2, 0) is 40.0 Å². The van der Waals surface area contributed by atoms with Gasteiger partial charge in [0.2, 0.25) is 29.5 Å². The van der Waals surface area contributed by atoms with Gasteiger partial charge in [0.25, 0.3) is 0 Å². The minimum absolute atomic E-state index is 0.000348. The Balaban J connectivity index is 0.00000209. The molecule has 2 aliphatic rings. The summed E-state index contributed by atoms with van der Waals surface area (Å²) in [6.07, 6.45) is -2.21. The van der Waals surface area contributed by atoms with E-state index >= 15 is 0 Å². The van der Waals surface area contributed by atoms with Crippen LogP contribution in [0, 0.1) is 16.7 Å². The summed E-state index contributed by atoms with van der Waals surface area (Å²) in [7, 11) is 0. The Kier molecular flexibility index (Phi) is 22.8. The van der Waals surface area contributed by atoms with Crippen LogP contribution in [-0.4, -0.2) is 159 Å². The average Bonchev–Trinajstić information content (AvgIpc) is 3.88. The standard InChI is InChI=1S/C42H69N11O8.C2HF3O2/c1-7-51-22-23-52(41(51)45)20-9-8-14-33(55)47-29(12-10-19-46-40(43)44)38(59)53-21-11-13-32(53)36(57)48-30(25-27-15-17-28(54)18-16-27)35(56)50-34(42(4,5)6)37(58)49-31(39(60)61)24-26(2)3;3-2(4,5)1(6)7/h15-18,26,29-32,34,45,54H,7-14,19-25H2,1-6H3,(H,47,55)(H,48,57)(H,49,58)(H,50,56)(H,60,61)(H4,43,44,46);(H,6,7)/t29-,30-,31-,32-,34+;/m0./s1. The third-order valence-corrected chi connectivity index (χ3v) is 11.1. The maximum absolute atomic E-state index is 14.2. The van der Waals surface area contributed by atoms with E-state index in [0.717, 1.165) is 19.6 Å². The van der Waals surface area contributed by atoms with Gasteiger partial charge in [-0.3, -0.25) is 34.4 Å². The van der Waals surface area contributed by atoms with Gasteiger partial charge in [-0.25, -0.2) is 9.59 Å². The van der Waals surface area contributed by atoms with Gasteiger partial charge in [0.1, 0.15) is 36.0 Å². The molecule has 12 N–H and O–H groups in total. The number of aromatic hydroxyl groups is 1. The first kappa shape index (κ1) is 57.8. The van der Waals surface area contributed by atoms with E-state index < -0.39 is 77.4 Å². The molecule has 5 atom stereocenters. The molecule has 2 aliphatic heterocycles. The molecule has 0 saturated carbocycles. The predicted octanol–water partition coefficient (Wildman–Crippen LogP) is 1.47. The minimum Gasteiger partial charge on any atom is -0.508 e. The van der Waals surface area contributed by atoms with Crippen LogP contribution >= 0.6 is 0 Å². The van der Waals surface area contributed by atoms with Crippen LogP contribution in [0.1, 0.15) is 98.5 Å². The minimum atomic E-state index is -5.08. The molecule has 21 nitrogen and oxygen atoms in total. The van der Waals surface area contributed by atoms with E-state index in [2.05, 4.69) is 26.3 Å². The van der Waals surface area contributed by atoms with Gasteiger partial charge in [-0.15, -0.1) is 0 Å². The first-order valence-corrected chi connectivity index (χ1v) is 22.6. The highest BCUT2D eigenvalue weighted by Gasteiger charge is 2.41. The second-order valence-electron chi connectivity index (χ2n) is 18.2. The van der Waals surface area contributed by atoms with Crippen LogP contribution in [0.4, 0.5) is 13.2 Å². The highest BCUT2D eigenvalue weighted by molar-refractivity contribution is 5.96. The van der Waals surface area contributed by atoms with E-state index in [0.29, 0.717) is 50.2 Å². The van der Waals surface area contributed by atoms with Gasteiger partial charge in [-0.05, 0) is 80.9 Å². The van der Waals surface area contributed by atoms with E-state index in [1.807, 2.05) is 30.6 Å². The number of rotatable bonds is 23. The number of hydrogen-bond donors (Lipinski definition) is 10. The first-order valence-electron chi connectivity index (χ1n) is 22.6. The number of hydrogen-bond acceptors (Lipinski definition) is 10. The maximum Gasteiger partial charge on any atom is 0.490 e. The molecule has 0 spiro atoms. The molecule has 5 amide bonds. The van der Waals surface area contributed by atoms with Crippen LogP contribution in [0.15, 0.2) is 29.3 Å². The first-order chi connectivity index (χ1) is 31.7. The topological polar surface area (TPSA) is 326 Å². The molecule has 3 rings (SSSR count). The molecule has 1 aromatic rings. The van der Waals surface area contributed by atoms with Crippen molar-refractivity contribution in [1.29, 1.82) is 5.41 Å². The maximum atomic E-state index is 14.2. The zero-order chi connectivity index (χ0) is 51.5. The summed E-state index contributed by atoms with van der Waals surface area (Å²) in [6, 6.07) is 0.488. The summed E-state index contributed by atoms with van der Waals surface area (Å²) < 4.78 is 31.7. The number of nitrogens with zero attached hydrogens (tertiary/aromatic N) is 4. The molecule has 0 aromatic heterocycles. The van der Waals surface area contributed by atoms with Crippen molar-refractivity contribution >= 4 is 53.4 Å². The number of likely N-dealkylation sites (tertiary alicyclic amines) is 1. The van der Waals surface area contributed by atoms with Crippen molar-refractivity contribution in [3.63, 3.8) is 0 Å². The number of aliphatic imine (C=N–C) groups is 1. The van der Waals surface area contributed by atoms with Crippen molar-refractivity contribution < 1.29 is 62.1 Å². The molecule has 68 heavy (non-hydrogen) atoms. The van der Waals surface area contributed by atoms with E-state index in [9.17, 15) is 52.2 Å². The van der Waals surface area contributed by atoms with E-state index in [1.54, 1.807) is 32.9 Å². The predicted molar refractivity (Wildman–Crippen MR) is 245 cm³/mol. The monoisotopic (exact) mass is 970 g/mol. The van der Waals surface area contributed by atoms with E-state index in [4.69, 9.17) is 26.8 Å². The summed E-state index contributed by atoms with van der Waals surface area (Å²) in [6.45, 7) is 14.3. The van der Waals surface area contributed by atoms with Crippen molar-refractivity contribution in [2.75, 3.05) is 39.3 Å². The van der Waals surface area contributed by atoms with Gasteiger partial charge in [-0.2, -0.15) is 13.2 Å². The summed E-state index contributed by atoms with van der Waals surface area (Å²) in [5.41, 5.74) is 10.7. The van der Waals surface area contributed by atoms with Gasteiger partial charge in [0, 0.05) is 52.1 Å². The summed E-state index contributed by atoms with van der Waals surface area (Å²) >= 11 is 0. The van der Waals surface area contributed by atoms with E-state index in [1.165, 1.54) is 17.0 Å². The molecule has 2 heterocycles. The molecular weight excluding hydrogens is 900 g/mol. The normalized spacial score (nSPS) is 16.7. The van der Waals surface area contributed by atoms with Crippen molar-refractivity contribution in [2.24, 2.45) is 27.8 Å². The lowest BCUT2D eigenvalue weighted by Crippen LogP contribution is -2.61. The number of carbonyl (C=O) groups is 7. The third kappa shape index (κ3) is 19.5. The number of likely N-dealkylation sites (N-methyl/N-ethyl adjacent to an activating group) is 1. The molecule has 1 aromatic carbocycles. The number of aliphatic carboxylic acids is 2. The quantitative estimate of drug-likeness (QED) is 0.0422. The Morgan fingerprint density at radius 3 is 2.00 bits per heavy atom. The Morgan fingerprint density at radius 2 is 1.47 bits per heavy atom. The number of phenolic OH excluding ortho intramolecular Hbond substituents is 1. The zero-order valence-electron chi connectivity index (χ0n) is 39.7. The number of alkyl halides is 3. The van der Waals surface area contributed by atoms with Crippen LogP contribution in [0.3, 0.4) is 0 Å².